The largest absolute Gasteiger partial charge is 0.497 e. The maximum Gasteiger partial charge on any atom is 0.131 e. The first-order valence-electron chi connectivity index (χ1n) is 11.3. The first-order valence-corrected chi connectivity index (χ1v) is 11.3. The number of hydrogen-bond acceptors (Lipinski definition) is 3. The molecule has 31 heavy (non-hydrogen) atoms. The van der Waals surface area contributed by atoms with Crippen LogP contribution in [0.1, 0.15) is 30.1 Å². The second kappa shape index (κ2) is 8.10. The average molecular weight is 416 g/mol. The summed E-state index contributed by atoms with van der Waals surface area (Å²) in [5.74, 6) is 1.92. The van der Waals surface area contributed by atoms with Gasteiger partial charge >= 0.3 is 0 Å². The van der Waals surface area contributed by atoms with Gasteiger partial charge in [-0.1, -0.05) is 36.4 Å². The van der Waals surface area contributed by atoms with Crippen LogP contribution in [0.4, 0.5) is 0 Å². The van der Waals surface area contributed by atoms with Crippen LogP contribution in [0.15, 0.2) is 73.4 Å². The summed E-state index contributed by atoms with van der Waals surface area (Å²) in [5, 5.41) is 12.8. The maximum atomic E-state index is 11.8. The molecule has 1 N–H and O–H groups in total. The number of nitrogens with zero attached hydrogens (tertiary/aromatic N) is 2. The molecule has 3 saturated heterocycles. The van der Waals surface area contributed by atoms with Gasteiger partial charge in [-0.05, 0) is 35.7 Å². The van der Waals surface area contributed by atoms with Gasteiger partial charge in [0.25, 0.3) is 0 Å². The number of aliphatic hydroxyl groups excluding tert-OH is 1. The highest BCUT2D eigenvalue weighted by Crippen LogP contribution is 2.48. The first-order chi connectivity index (χ1) is 15.1. The van der Waals surface area contributed by atoms with Crippen molar-refractivity contribution >= 4 is 10.9 Å². The van der Waals surface area contributed by atoms with Crippen LogP contribution < -0.4 is 4.74 Å². The molecule has 0 radical (unpaired) electrons. The Labute approximate surface area is 184 Å². The second-order valence-corrected chi connectivity index (χ2v) is 9.25. The molecule has 0 spiro atoms. The Hall–Kier alpha value is -2.69. The van der Waals surface area contributed by atoms with E-state index in [1.807, 2.05) is 30.5 Å². The lowest BCUT2D eigenvalue weighted by molar-refractivity contribution is -0.984. The lowest BCUT2D eigenvalue weighted by Gasteiger charge is -2.58. The van der Waals surface area contributed by atoms with Crippen molar-refractivity contribution in [2.45, 2.75) is 31.5 Å². The van der Waals surface area contributed by atoms with Crippen LogP contribution in [-0.4, -0.2) is 40.8 Å². The molecule has 3 aliphatic heterocycles. The van der Waals surface area contributed by atoms with Crippen molar-refractivity contribution in [1.29, 1.82) is 0 Å². The number of ether oxygens (including phenoxy) is 1. The van der Waals surface area contributed by atoms with Crippen molar-refractivity contribution in [1.82, 2.24) is 4.98 Å². The number of piperidine rings is 3. The number of quaternary nitrogens is 1. The summed E-state index contributed by atoms with van der Waals surface area (Å²) in [4.78, 5) is 4.52. The van der Waals surface area contributed by atoms with Crippen molar-refractivity contribution < 1.29 is 14.3 Å². The molecule has 1 unspecified atom stereocenters. The minimum Gasteiger partial charge on any atom is -0.497 e. The van der Waals surface area contributed by atoms with E-state index in [-0.39, 0.29) is 6.04 Å². The smallest absolute Gasteiger partial charge is 0.131 e. The van der Waals surface area contributed by atoms with E-state index in [1.54, 1.807) is 7.11 Å². The summed E-state index contributed by atoms with van der Waals surface area (Å²) in [6, 6.07) is 18.8. The molecule has 3 fully saturated rings. The molecule has 0 aliphatic carbocycles. The predicted octanol–water partition coefficient (Wildman–Crippen LogP) is 4.89. The Morgan fingerprint density at radius 1 is 1.23 bits per heavy atom. The standard InChI is InChI=1S/C27H31N2O2/c1-3-20-18-29(17-19-7-5-4-6-8-19)14-12-21(20)15-26(29)27(30)23-11-13-28-25-10-9-22(31-2)16-24(23)25/h3-11,13,16,20-21,26-27,30H,1,12,14-15,17-18H2,2H3/q+1/t20-,21-,26-,27+,29?/m1/s1. The predicted molar refractivity (Wildman–Crippen MR) is 124 cm³/mol. The number of benzene rings is 2. The van der Waals surface area contributed by atoms with Crippen LogP contribution in [-0.2, 0) is 6.54 Å². The zero-order chi connectivity index (χ0) is 21.4. The van der Waals surface area contributed by atoms with Gasteiger partial charge in [-0.15, -0.1) is 6.58 Å². The highest BCUT2D eigenvalue weighted by atomic mass is 16.5. The van der Waals surface area contributed by atoms with Crippen molar-refractivity contribution in [2.24, 2.45) is 11.8 Å². The number of fused-ring (bicyclic) bond motifs is 4. The van der Waals surface area contributed by atoms with E-state index in [4.69, 9.17) is 4.74 Å². The quantitative estimate of drug-likeness (QED) is 0.460. The number of aliphatic hydroxyl groups is 1. The van der Waals surface area contributed by atoms with Crippen LogP contribution in [0, 0.1) is 11.8 Å². The maximum absolute atomic E-state index is 11.8. The van der Waals surface area contributed by atoms with E-state index in [9.17, 15) is 5.11 Å². The summed E-state index contributed by atoms with van der Waals surface area (Å²) in [6.07, 6.45) is 5.65. The molecule has 2 aromatic carbocycles. The SMILES string of the molecule is C=C[C@@H]1C[N+]2(Cc3ccccc3)CC[C@@H]1C[C@@H]2[C@@H](O)c1ccnc2ccc(OC)cc12. The zero-order valence-electron chi connectivity index (χ0n) is 18.2. The van der Waals surface area contributed by atoms with Gasteiger partial charge < -0.3 is 14.3 Å². The molecule has 3 aromatic rings. The van der Waals surface area contributed by atoms with Crippen LogP contribution >= 0.6 is 0 Å². The van der Waals surface area contributed by atoms with E-state index in [1.165, 1.54) is 12.0 Å². The highest BCUT2D eigenvalue weighted by molar-refractivity contribution is 5.83. The van der Waals surface area contributed by atoms with E-state index in [0.29, 0.717) is 11.8 Å². The fourth-order valence-corrected chi connectivity index (χ4v) is 6.07. The number of aromatic nitrogens is 1. The second-order valence-electron chi connectivity index (χ2n) is 9.25. The molecule has 0 amide bonds. The molecule has 6 rings (SSSR count). The van der Waals surface area contributed by atoms with Gasteiger partial charge in [0, 0.05) is 35.9 Å². The van der Waals surface area contributed by atoms with Crippen molar-refractivity contribution in [3.63, 3.8) is 0 Å². The summed E-state index contributed by atoms with van der Waals surface area (Å²) in [6.45, 7) is 7.25. The van der Waals surface area contributed by atoms with Crippen molar-refractivity contribution in [2.75, 3.05) is 20.2 Å². The molecule has 3 aliphatic rings. The van der Waals surface area contributed by atoms with Gasteiger partial charge in [-0.3, -0.25) is 4.98 Å². The van der Waals surface area contributed by atoms with E-state index >= 15 is 0 Å². The lowest BCUT2D eigenvalue weighted by Crippen LogP contribution is -2.67. The Morgan fingerprint density at radius 3 is 2.84 bits per heavy atom. The third kappa shape index (κ3) is 3.54. The van der Waals surface area contributed by atoms with Gasteiger partial charge in [0.15, 0.2) is 0 Å². The highest BCUT2D eigenvalue weighted by Gasteiger charge is 2.53. The summed E-state index contributed by atoms with van der Waals surface area (Å²) >= 11 is 0. The van der Waals surface area contributed by atoms with Crippen LogP contribution in [0.5, 0.6) is 5.75 Å². The molecule has 2 bridgehead atoms. The molecule has 4 nitrogen and oxygen atoms in total. The molecule has 4 heterocycles. The number of hydrogen-bond donors (Lipinski definition) is 1. The number of methoxy groups -OCH3 is 1. The van der Waals surface area contributed by atoms with Gasteiger partial charge in [0.05, 0.1) is 25.7 Å². The van der Waals surface area contributed by atoms with E-state index in [0.717, 1.165) is 52.8 Å². The fraction of sp³-hybridized carbons (Fsp3) is 0.370. The molecule has 4 heteroatoms. The monoisotopic (exact) mass is 415 g/mol. The van der Waals surface area contributed by atoms with Crippen molar-refractivity contribution in [3.8, 4) is 5.75 Å². The van der Waals surface area contributed by atoms with Crippen LogP contribution in [0.3, 0.4) is 0 Å². The Morgan fingerprint density at radius 2 is 2.06 bits per heavy atom. The number of pyridine rings is 1. The lowest BCUT2D eigenvalue weighted by atomic mass is 9.71. The minimum absolute atomic E-state index is 0.159. The third-order valence-corrected chi connectivity index (χ3v) is 7.68. The molecular weight excluding hydrogens is 384 g/mol. The summed E-state index contributed by atoms with van der Waals surface area (Å²) in [7, 11) is 1.68. The molecule has 1 aromatic heterocycles. The van der Waals surface area contributed by atoms with Crippen molar-refractivity contribution in [3.05, 3.63) is 84.6 Å². The Balaban J connectivity index is 1.56. The summed E-state index contributed by atoms with van der Waals surface area (Å²) in [5.41, 5.74) is 3.19. The molecular formula is C27H31N2O2+. The fourth-order valence-electron chi connectivity index (χ4n) is 6.07. The molecule has 160 valence electrons. The summed E-state index contributed by atoms with van der Waals surface area (Å²) < 4.78 is 6.38. The van der Waals surface area contributed by atoms with Crippen LogP contribution in [0.25, 0.3) is 10.9 Å². The third-order valence-electron chi connectivity index (χ3n) is 7.68. The van der Waals surface area contributed by atoms with Crippen LogP contribution in [0.2, 0.25) is 0 Å². The molecule has 0 saturated carbocycles. The van der Waals surface area contributed by atoms with Gasteiger partial charge in [-0.2, -0.15) is 0 Å². The van der Waals surface area contributed by atoms with E-state index in [2.05, 4.69) is 48.0 Å². The Kier molecular flexibility index (Phi) is 5.28. The normalized spacial score (nSPS) is 28.4. The van der Waals surface area contributed by atoms with Gasteiger partial charge in [0.2, 0.25) is 0 Å². The first kappa shape index (κ1) is 20.2. The average Bonchev–Trinajstić information content (AvgIpc) is 2.83. The topological polar surface area (TPSA) is 42.4 Å². The van der Waals surface area contributed by atoms with E-state index < -0.39 is 6.10 Å². The minimum atomic E-state index is -0.546. The molecule has 5 atom stereocenters. The zero-order valence-corrected chi connectivity index (χ0v) is 18.2. The van der Waals surface area contributed by atoms with Gasteiger partial charge in [0.1, 0.15) is 24.4 Å². The number of rotatable bonds is 6. The van der Waals surface area contributed by atoms with Gasteiger partial charge in [-0.25, -0.2) is 0 Å². The Bertz CT molecular complexity index is 1080.